The smallest absolute Gasteiger partial charge is 0.00201 e. The monoisotopic (exact) mass is 884 g/mol. The van der Waals surface area contributed by atoms with Crippen LogP contribution in [0.15, 0.2) is 267 Å². The third kappa shape index (κ3) is 6.38. The van der Waals surface area contributed by atoms with Gasteiger partial charge in [0.25, 0.3) is 0 Å². The summed E-state index contributed by atoms with van der Waals surface area (Å²) < 4.78 is 0. The fourth-order valence-electron chi connectivity index (χ4n) is 11.7. The van der Waals surface area contributed by atoms with Gasteiger partial charge in [-0.3, -0.25) is 0 Å². The van der Waals surface area contributed by atoms with Gasteiger partial charge in [0.15, 0.2) is 0 Å². The Morgan fingerprint density at radius 3 is 0.986 bits per heavy atom. The van der Waals surface area contributed by atoms with Crippen LogP contribution < -0.4 is 0 Å². The van der Waals surface area contributed by atoms with Crippen molar-refractivity contribution >= 4 is 75.4 Å². The molecule has 0 N–H and O–H groups in total. The molecule has 0 saturated heterocycles. The van der Waals surface area contributed by atoms with Gasteiger partial charge in [0.05, 0.1) is 0 Å². The zero-order chi connectivity index (χ0) is 46.1. The van der Waals surface area contributed by atoms with E-state index in [1.807, 2.05) is 0 Å². The van der Waals surface area contributed by atoms with E-state index in [1.54, 1.807) is 0 Å². The standard InChI is InChI=1S/C70H44/c1-2-19-48(20-3-1)67-56-27-6-8-29-58(56)68(59-30-9-7-28-57(59)67)52-25-14-24-51(42-52)54-35-15-22-46-38-40-49(43-65(46)54)50-41-39-47-23-17-37-64(66(47)44-50)70-62-33-12-10-31-60(62)69(61-32-11-13-34-63(61)70)55-36-16-21-45-18-4-5-26-53(45)55/h1-44H. The molecular weight excluding hydrogens is 841 g/mol. The fraction of sp³-hybridized carbons (Fsp3) is 0. The molecule has 0 saturated carbocycles. The zero-order valence-corrected chi connectivity index (χ0v) is 38.4. The van der Waals surface area contributed by atoms with Crippen LogP contribution in [0.4, 0.5) is 0 Å². The van der Waals surface area contributed by atoms with Gasteiger partial charge in [-0.05, 0) is 160 Å². The minimum atomic E-state index is 1.20. The predicted octanol–water partition coefficient (Wildman–Crippen LogP) is 19.8. The first-order chi connectivity index (χ1) is 34.7. The molecule has 0 heterocycles. The molecule has 14 rings (SSSR count). The Morgan fingerprint density at radius 1 is 0.143 bits per heavy atom. The average molecular weight is 885 g/mol. The van der Waals surface area contributed by atoms with Crippen molar-refractivity contribution in [1.29, 1.82) is 0 Å². The van der Waals surface area contributed by atoms with Gasteiger partial charge < -0.3 is 0 Å². The van der Waals surface area contributed by atoms with E-state index in [1.165, 1.54) is 142 Å². The van der Waals surface area contributed by atoms with E-state index in [4.69, 9.17) is 0 Å². The Bertz CT molecular complexity index is 4280. The molecule has 324 valence electrons. The molecule has 0 unspecified atom stereocenters. The van der Waals surface area contributed by atoms with Gasteiger partial charge in [-0.25, -0.2) is 0 Å². The Labute approximate surface area is 407 Å². The summed E-state index contributed by atoms with van der Waals surface area (Å²) in [5, 5.41) is 17.5. The van der Waals surface area contributed by atoms with Gasteiger partial charge in [0.2, 0.25) is 0 Å². The minimum Gasteiger partial charge on any atom is -0.0622 e. The quantitative estimate of drug-likeness (QED) is 0.146. The molecule has 0 radical (unpaired) electrons. The van der Waals surface area contributed by atoms with Gasteiger partial charge >= 0.3 is 0 Å². The van der Waals surface area contributed by atoms with Crippen molar-refractivity contribution in [2.45, 2.75) is 0 Å². The molecule has 70 heavy (non-hydrogen) atoms. The maximum absolute atomic E-state index is 2.42. The van der Waals surface area contributed by atoms with Crippen molar-refractivity contribution in [3.05, 3.63) is 267 Å². The van der Waals surface area contributed by atoms with Gasteiger partial charge in [0, 0.05) is 0 Å². The first kappa shape index (κ1) is 40.0. The fourth-order valence-corrected chi connectivity index (χ4v) is 11.7. The van der Waals surface area contributed by atoms with E-state index in [0.717, 1.165) is 0 Å². The van der Waals surface area contributed by atoms with Crippen LogP contribution in [-0.2, 0) is 0 Å². The highest BCUT2D eigenvalue weighted by Gasteiger charge is 2.21. The summed E-state index contributed by atoms with van der Waals surface area (Å²) >= 11 is 0. The number of hydrogen-bond donors (Lipinski definition) is 0. The van der Waals surface area contributed by atoms with Gasteiger partial charge in [-0.1, -0.05) is 249 Å². The maximum Gasteiger partial charge on any atom is -0.00201 e. The van der Waals surface area contributed by atoms with Gasteiger partial charge in [-0.2, -0.15) is 0 Å². The molecule has 0 aliphatic carbocycles. The second kappa shape index (κ2) is 16.3. The first-order valence-electron chi connectivity index (χ1n) is 24.3. The van der Waals surface area contributed by atoms with Crippen molar-refractivity contribution in [2.24, 2.45) is 0 Å². The lowest BCUT2D eigenvalue weighted by molar-refractivity contribution is 1.62. The molecule has 0 amide bonds. The Morgan fingerprint density at radius 2 is 0.471 bits per heavy atom. The molecule has 0 aromatic heterocycles. The van der Waals surface area contributed by atoms with E-state index < -0.39 is 0 Å². The van der Waals surface area contributed by atoms with E-state index in [-0.39, 0.29) is 0 Å². The zero-order valence-electron chi connectivity index (χ0n) is 38.4. The van der Waals surface area contributed by atoms with Gasteiger partial charge in [-0.15, -0.1) is 0 Å². The number of rotatable bonds is 6. The molecule has 14 aromatic carbocycles. The molecule has 0 heteroatoms. The third-order valence-corrected chi connectivity index (χ3v) is 14.8. The summed E-state index contributed by atoms with van der Waals surface area (Å²) in [6.07, 6.45) is 0. The third-order valence-electron chi connectivity index (χ3n) is 14.8. The highest BCUT2D eigenvalue weighted by atomic mass is 14.2. The second-order valence-corrected chi connectivity index (χ2v) is 18.6. The summed E-state index contributed by atoms with van der Waals surface area (Å²) in [4.78, 5) is 0. The van der Waals surface area contributed by atoms with Crippen molar-refractivity contribution in [2.75, 3.05) is 0 Å². The van der Waals surface area contributed by atoms with Crippen LogP contribution in [0.5, 0.6) is 0 Å². The molecule has 0 aliphatic heterocycles. The Kier molecular flexibility index (Phi) is 9.32. The van der Waals surface area contributed by atoms with Crippen LogP contribution in [-0.4, -0.2) is 0 Å². The number of benzene rings is 14. The number of hydrogen-bond acceptors (Lipinski definition) is 0. The lowest BCUT2D eigenvalue weighted by Gasteiger charge is -2.20. The SMILES string of the molecule is c1ccc(-c2c3ccccc3c(-c3cccc(-c4cccc5ccc(-c6ccc7cccc(-c8c9ccccc9c(-c9cccc%10ccccc9%10)c9ccccc89)c7c6)cc45)c3)c3ccccc23)cc1. The van der Waals surface area contributed by atoms with Crippen LogP contribution in [0.1, 0.15) is 0 Å². The minimum absolute atomic E-state index is 1.20. The molecule has 0 fully saturated rings. The largest absolute Gasteiger partial charge is 0.0622 e. The summed E-state index contributed by atoms with van der Waals surface area (Å²) in [5.74, 6) is 0. The van der Waals surface area contributed by atoms with Crippen LogP contribution in [0.25, 0.3) is 142 Å². The lowest BCUT2D eigenvalue weighted by Crippen LogP contribution is -1.92. The molecule has 0 bridgehead atoms. The van der Waals surface area contributed by atoms with Gasteiger partial charge in [0.1, 0.15) is 0 Å². The molecular formula is C70H44. The highest BCUT2D eigenvalue weighted by molar-refractivity contribution is 6.26. The van der Waals surface area contributed by atoms with E-state index in [0.29, 0.717) is 0 Å². The van der Waals surface area contributed by atoms with Crippen LogP contribution >= 0.6 is 0 Å². The van der Waals surface area contributed by atoms with Crippen molar-refractivity contribution in [3.8, 4) is 66.8 Å². The molecule has 14 aromatic rings. The average Bonchev–Trinajstić information content (AvgIpc) is 3.43. The molecule has 0 spiro atoms. The summed E-state index contributed by atoms with van der Waals surface area (Å²) in [6, 6.07) is 98.9. The van der Waals surface area contributed by atoms with Crippen LogP contribution in [0.2, 0.25) is 0 Å². The van der Waals surface area contributed by atoms with Crippen LogP contribution in [0, 0.1) is 0 Å². The van der Waals surface area contributed by atoms with E-state index in [9.17, 15) is 0 Å². The Balaban J connectivity index is 0.923. The summed E-state index contributed by atoms with van der Waals surface area (Å²) in [7, 11) is 0. The van der Waals surface area contributed by atoms with Crippen molar-refractivity contribution in [3.63, 3.8) is 0 Å². The molecule has 0 aliphatic rings. The highest BCUT2D eigenvalue weighted by Crippen LogP contribution is 2.48. The number of fused-ring (bicyclic) bond motifs is 7. The summed E-state index contributed by atoms with van der Waals surface area (Å²) in [6.45, 7) is 0. The van der Waals surface area contributed by atoms with Crippen molar-refractivity contribution < 1.29 is 0 Å². The Hall–Kier alpha value is -9.10. The summed E-state index contributed by atoms with van der Waals surface area (Å²) in [5.41, 5.74) is 14.9. The van der Waals surface area contributed by atoms with Crippen LogP contribution in [0.3, 0.4) is 0 Å². The first-order valence-corrected chi connectivity index (χ1v) is 24.3. The lowest BCUT2D eigenvalue weighted by atomic mass is 9.83. The molecule has 0 atom stereocenters. The van der Waals surface area contributed by atoms with Crippen molar-refractivity contribution in [1.82, 2.24) is 0 Å². The van der Waals surface area contributed by atoms with E-state index >= 15 is 0 Å². The normalized spacial score (nSPS) is 11.7. The predicted molar refractivity (Wildman–Crippen MR) is 302 cm³/mol. The maximum atomic E-state index is 2.42. The van der Waals surface area contributed by atoms with E-state index in [2.05, 4.69) is 267 Å². The second-order valence-electron chi connectivity index (χ2n) is 18.6. The topological polar surface area (TPSA) is 0 Å². The molecule has 0 nitrogen and oxygen atoms in total.